The molecular formula is C17H26N2O. The van der Waals surface area contributed by atoms with Gasteiger partial charge >= 0.3 is 0 Å². The van der Waals surface area contributed by atoms with Gasteiger partial charge in [0.2, 0.25) is 0 Å². The molecule has 2 aliphatic rings. The first-order valence-electron chi connectivity index (χ1n) is 7.78. The molecule has 0 aromatic heterocycles. The molecule has 1 aromatic rings. The molecule has 3 nitrogen and oxygen atoms in total. The summed E-state index contributed by atoms with van der Waals surface area (Å²) >= 11 is 0. The van der Waals surface area contributed by atoms with Crippen molar-refractivity contribution in [3.05, 3.63) is 35.4 Å². The Morgan fingerprint density at radius 1 is 1.25 bits per heavy atom. The van der Waals surface area contributed by atoms with Crippen LogP contribution in [0.4, 0.5) is 0 Å². The zero-order chi connectivity index (χ0) is 14.0. The van der Waals surface area contributed by atoms with Gasteiger partial charge in [-0.2, -0.15) is 0 Å². The molecule has 0 radical (unpaired) electrons. The van der Waals surface area contributed by atoms with Gasteiger partial charge < -0.3 is 15.0 Å². The van der Waals surface area contributed by atoms with Crippen molar-refractivity contribution in [1.29, 1.82) is 0 Å². The lowest BCUT2D eigenvalue weighted by molar-refractivity contribution is 0.0724. The van der Waals surface area contributed by atoms with Gasteiger partial charge in [0, 0.05) is 12.1 Å². The van der Waals surface area contributed by atoms with Gasteiger partial charge in [0.25, 0.3) is 0 Å². The third kappa shape index (κ3) is 2.62. The molecule has 20 heavy (non-hydrogen) atoms. The third-order valence-electron chi connectivity index (χ3n) is 5.13. The summed E-state index contributed by atoms with van der Waals surface area (Å²) in [6.07, 6.45) is 5.33. The highest BCUT2D eigenvalue weighted by atomic mass is 16.5. The fourth-order valence-electron chi connectivity index (χ4n) is 3.68. The Morgan fingerprint density at radius 3 is 2.75 bits per heavy atom. The lowest BCUT2D eigenvalue weighted by atomic mass is 9.93. The highest BCUT2D eigenvalue weighted by molar-refractivity contribution is 5.31. The van der Waals surface area contributed by atoms with Gasteiger partial charge in [0.05, 0.1) is 19.3 Å². The number of likely N-dealkylation sites (N-methyl/N-ethyl adjacent to an activating group) is 1. The molecule has 3 rings (SSSR count). The minimum atomic E-state index is 0.340. The van der Waals surface area contributed by atoms with Gasteiger partial charge in [0.15, 0.2) is 0 Å². The maximum atomic E-state index is 5.74. The van der Waals surface area contributed by atoms with E-state index in [0.29, 0.717) is 11.6 Å². The predicted molar refractivity (Wildman–Crippen MR) is 81.7 cm³/mol. The summed E-state index contributed by atoms with van der Waals surface area (Å²) < 4.78 is 5.74. The van der Waals surface area contributed by atoms with Crippen LogP contribution in [0, 0.1) is 0 Å². The average molecular weight is 274 g/mol. The number of ether oxygens (including phenoxy) is 1. The molecule has 1 saturated carbocycles. The molecule has 0 spiro atoms. The number of fused-ring (bicyclic) bond motifs is 1. The molecule has 1 unspecified atom stereocenters. The number of nitrogens with zero attached hydrogens (tertiary/aromatic N) is 1. The molecule has 1 atom stereocenters. The van der Waals surface area contributed by atoms with Crippen molar-refractivity contribution >= 4 is 0 Å². The molecule has 0 bridgehead atoms. The van der Waals surface area contributed by atoms with E-state index in [4.69, 9.17) is 4.74 Å². The standard InChI is InChI=1S/C17H26N2O/c1-19(2)17(9-5-6-10-17)13-18-16-12-20-11-14-7-3-4-8-15(14)16/h3-4,7-8,16,18H,5-6,9-13H2,1-2H3. The topological polar surface area (TPSA) is 24.5 Å². The average Bonchev–Trinajstić information content (AvgIpc) is 2.95. The maximum Gasteiger partial charge on any atom is 0.0721 e. The highest BCUT2D eigenvalue weighted by Crippen LogP contribution is 2.34. The SMILES string of the molecule is CN(C)C1(CNC2COCc3ccccc32)CCCC1. The van der Waals surface area contributed by atoms with Crippen molar-refractivity contribution in [1.82, 2.24) is 10.2 Å². The lowest BCUT2D eigenvalue weighted by Gasteiger charge is -2.38. The first-order valence-corrected chi connectivity index (χ1v) is 7.78. The third-order valence-corrected chi connectivity index (χ3v) is 5.13. The summed E-state index contributed by atoms with van der Waals surface area (Å²) in [6, 6.07) is 9.00. The largest absolute Gasteiger partial charge is 0.375 e. The molecule has 1 aliphatic heterocycles. The molecule has 0 saturated heterocycles. The van der Waals surface area contributed by atoms with Gasteiger partial charge in [-0.05, 0) is 38.1 Å². The Balaban J connectivity index is 1.70. The molecule has 1 aromatic carbocycles. The van der Waals surface area contributed by atoms with Gasteiger partial charge in [-0.15, -0.1) is 0 Å². The summed E-state index contributed by atoms with van der Waals surface area (Å²) in [5.41, 5.74) is 3.10. The Morgan fingerprint density at radius 2 is 2.00 bits per heavy atom. The highest BCUT2D eigenvalue weighted by Gasteiger charge is 2.36. The Hall–Kier alpha value is -0.900. The van der Waals surface area contributed by atoms with Crippen molar-refractivity contribution in [3.63, 3.8) is 0 Å². The van der Waals surface area contributed by atoms with E-state index in [1.54, 1.807) is 0 Å². The second-order valence-corrected chi connectivity index (χ2v) is 6.47. The smallest absolute Gasteiger partial charge is 0.0721 e. The van der Waals surface area contributed by atoms with Crippen molar-refractivity contribution in [2.75, 3.05) is 27.2 Å². The normalized spacial score (nSPS) is 24.9. The van der Waals surface area contributed by atoms with Gasteiger partial charge in [-0.25, -0.2) is 0 Å². The monoisotopic (exact) mass is 274 g/mol. The van der Waals surface area contributed by atoms with Crippen LogP contribution in [0.15, 0.2) is 24.3 Å². The summed E-state index contributed by atoms with van der Waals surface area (Å²) in [7, 11) is 4.44. The second-order valence-electron chi connectivity index (χ2n) is 6.47. The van der Waals surface area contributed by atoms with Crippen LogP contribution in [-0.4, -0.2) is 37.7 Å². The van der Waals surface area contributed by atoms with Crippen LogP contribution in [0.5, 0.6) is 0 Å². The van der Waals surface area contributed by atoms with E-state index in [1.807, 2.05) is 0 Å². The maximum absolute atomic E-state index is 5.74. The van der Waals surface area contributed by atoms with Gasteiger partial charge in [-0.1, -0.05) is 37.1 Å². The van der Waals surface area contributed by atoms with Gasteiger partial charge in [-0.3, -0.25) is 0 Å². The molecule has 110 valence electrons. The summed E-state index contributed by atoms with van der Waals surface area (Å²) in [6.45, 7) is 2.61. The van der Waals surface area contributed by atoms with Crippen LogP contribution in [0.1, 0.15) is 42.9 Å². The van der Waals surface area contributed by atoms with Crippen molar-refractivity contribution in [3.8, 4) is 0 Å². The zero-order valence-electron chi connectivity index (χ0n) is 12.7. The molecular weight excluding hydrogens is 248 g/mol. The summed E-state index contributed by atoms with van der Waals surface area (Å²) in [5, 5.41) is 3.78. The number of hydrogen-bond acceptors (Lipinski definition) is 3. The summed E-state index contributed by atoms with van der Waals surface area (Å²) in [5.74, 6) is 0. The van der Waals surface area contributed by atoms with E-state index in [2.05, 4.69) is 48.6 Å². The van der Waals surface area contributed by atoms with E-state index in [1.165, 1.54) is 36.8 Å². The first kappa shape index (κ1) is 14.1. The van der Waals surface area contributed by atoms with Crippen LogP contribution in [0.25, 0.3) is 0 Å². The van der Waals surface area contributed by atoms with Crippen molar-refractivity contribution in [2.24, 2.45) is 0 Å². The quantitative estimate of drug-likeness (QED) is 0.913. The van der Waals surface area contributed by atoms with Crippen LogP contribution in [0.2, 0.25) is 0 Å². The summed E-state index contributed by atoms with van der Waals surface area (Å²) in [4.78, 5) is 2.42. The molecule has 0 amide bonds. The zero-order valence-corrected chi connectivity index (χ0v) is 12.7. The number of rotatable bonds is 4. The Bertz CT molecular complexity index is 452. The fraction of sp³-hybridized carbons (Fsp3) is 0.647. The van der Waals surface area contributed by atoms with Crippen LogP contribution >= 0.6 is 0 Å². The van der Waals surface area contributed by atoms with E-state index >= 15 is 0 Å². The minimum Gasteiger partial charge on any atom is -0.375 e. The molecule has 3 heteroatoms. The first-order chi connectivity index (χ1) is 9.71. The van der Waals surface area contributed by atoms with Crippen LogP contribution in [-0.2, 0) is 11.3 Å². The van der Waals surface area contributed by atoms with Crippen LogP contribution < -0.4 is 5.32 Å². The predicted octanol–water partition coefficient (Wildman–Crippen LogP) is 2.72. The molecule has 1 heterocycles. The van der Waals surface area contributed by atoms with Gasteiger partial charge in [0.1, 0.15) is 0 Å². The van der Waals surface area contributed by atoms with E-state index in [9.17, 15) is 0 Å². The molecule has 1 N–H and O–H groups in total. The Labute approximate surface area is 122 Å². The van der Waals surface area contributed by atoms with Crippen molar-refractivity contribution < 1.29 is 4.74 Å². The van der Waals surface area contributed by atoms with E-state index < -0.39 is 0 Å². The van der Waals surface area contributed by atoms with Crippen molar-refractivity contribution in [2.45, 2.75) is 43.9 Å². The van der Waals surface area contributed by atoms with E-state index in [0.717, 1.165) is 19.8 Å². The number of benzene rings is 1. The van der Waals surface area contributed by atoms with Crippen LogP contribution in [0.3, 0.4) is 0 Å². The number of nitrogens with one attached hydrogen (secondary N) is 1. The molecule has 1 aliphatic carbocycles. The molecule has 1 fully saturated rings. The Kier molecular flexibility index (Phi) is 4.11. The minimum absolute atomic E-state index is 0.340. The number of hydrogen-bond donors (Lipinski definition) is 1. The lowest BCUT2D eigenvalue weighted by Crippen LogP contribution is -2.51. The van der Waals surface area contributed by atoms with E-state index in [-0.39, 0.29) is 0 Å². The fourth-order valence-corrected chi connectivity index (χ4v) is 3.68. The second kappa shape index (κ2) is 5.84.